The summed E-state index contributed by atoms with van der Waals surface area (Å²) in [6, 6.07) is 9.35. The molecule has 0 fully saturated rings. The van der Waals surface area contributed by atoms with Gasteiger partial charge in [0.2, 0.25) is 0 Å². The summed E-state index contributed by atoms with van der Waals surface area (Å²) in [4.78, 5) is 15.7. The van der Waals surface area contributed by atoms with E-state index in [0.717, 1.165) is 0 Å². The molecule has 5 heteroatoms. The molecule has 1 heterocycles. The number of hydrogen-bond acceptors (Lipinski definition) is 4. The Morgan fingerprint density at radius 2 is 2.05 bits per heavy atom. The van der Waals surface area contributed by atoms with Crippen molar-refractivity contribution in [2.75, 3.05) is 20.3 Å². The lowest BCUT2D eigenvalue weighted by Crippen LogP contribution is -2.30. The third kappa shape index (κ3) is 3.80. The minimum absolute atomic E-state index is 0.00255. The van der Waals surface area contributed by atoms with E-state index in [0.29, 0.717) is 36.8 Å². The Labute approximate surface area is 135 Å². The van der Waals surface area contributed by atoms with Crippen LogP contribution in [-0.4, -0.2) is 31.1 Å². The van der Waals surface area contributed by atoms with E-state index in [1.807, 2.05) is 36.3 Å². The van der Waals surface area contributed by atoms with Gasteiger partial charge in [-0.3, -0.25) is 4.79 Å². The number of amides is 1. The molecule has 0 aliphatic rings. The van der Waals surface area contributed by atoms with Gasteiger partial charge in [0.05, 0.1) is 20.3 Å². The SMILES string of the molecule is CCOc1ccc(C(=O)N(CC)Cc2cccs2)cc1OC. The summed E-state index contributed by atoms with van der Waals surface area (Å²) in [5.74, 6) is 1.24. The van der Waals surface area contributed by atoms with Crippen LogP contribution in [0.3, 0.4) is 0 Å². The van der Waals surface area contributed by atoms with Crippen molar-refractivity contribution in [3.05, 3.63) is 46.2 Å². The molecule has 0 N–H and O–H groups in total. The van der Waals surface area contributed by atoms with Gasteiger partial charge in [-0.2, -0.15) is 0 Å². The molecule has 2 rings (SSSR count). The highest BCUT2D eigenvalue weighted by molar-refractivity contribution is 7.09. The first-order valence-corrected chi connectivity index (χ1v) is 8.20. The molecule has 118 valence electrons. The van der Waals surface area contributed by atoms with Crippen molar-refractivity contribution in [1.29, 1.82) is 0 Å². The molecule has 4 nitrogen and oxygen atoms in total. The van der Waals surface area contributed by atoms with Crippen molar-refractivity contribution in [1.82, 2.24) is 4.90 Å². The van der Waals surface area contributed by atoms with Crippen molar-refractivity contribution >= 4 is 17.2 Å². The molecule has 0 saturated carbocycles. The molecular formula is C17H21NO3S. The second-order valence-corrected chi connectivity index (χ2v) is 5.73. The highest BCUT2D eigenvalue weighted by Crippen LogP contribution is 2.28. The number of rotatable bonds is 7. The average Bonchev–Trinajstić information content (AvgIpc) is 3.05. The number of methoxy groups -OCH3 is 1. The summed E-state index contributed by atoms with van der Waals surface area (Å²) >= 11 is 1.66. The van der Waals surface area contributed by atoms with Crippen molar-refractivity contribution in [2.45, 2.75) is 20.4 Å². The summed E-state index contributed by atoms with van der Waals surface area (Å²) in [5, 5.41) is 2.02. The fourth-order valence-electron chi connectivity index (χ4n) is 2.18. The molecule has 0 bridgehead atoms. The number of benzene rings is 1. The van der Waals surface area contributed by atoms with Gasteiger partial charge in [0, 0.05) is 17.0 Å². The Hall–Kier alpha value is -2.01. The van der Waals surface area contributed by atoms with Crippen LogP contribution in [0.15, 0.2) is 35.7 Å². The number of carbonyl (C=O) groups is 1. The number of ether oxygens (including phenoxy) is 2. The van der Waals surface area contributed by atoms with E-state index in [4.69, 9.17) is 9.47 Å². The maximum absolute atomic E-state index is 12.7. The molecule has 1 aromatic heterocycles. The molecule has 2 aromatic rings. The molecule has 22 heavy (non-hydrogen) atoms. The highest BCUT2D eigenvalue weighted by atomic mass is 32.1. The number of carbonyl (C=O) groups excluding carboxylic acids is 1. The summed E-state index contributed by atoms with van der Waals surface area (Å²) < 4.78 is 10.8. The van der Waals surface area contributed by atoms with Crippen molar-refractivity contribution in [3.63, 3.8) is 0 Å². The number of hydrogen-bond donors (Lipinski definition) is 0. The molecule has 0 saturated heterocycles. The molecule has 0 aliphatic carbocycles. The van der Waals surface area contributed by atoms with E-state index in [1.54, 1.807) is 36.6 Å². The largest absolute Gasteiger partial charge is 0.493 e. The molecule has 0 spiro atoms. The molecule has 0 atom stereocenters. The van der Waals surface area contributed by atoms with Crippen LogP contribution in [0, 0.1) is 0 Å². The van der Waals surface area contributed by atoms with Crippen molar-refractivity contribution < 1.29 is 14.3 Å². The fourth-order valence-corrected chi connectivity index (χ4v) is 2.90. The maximum Gasteiger partial charge on any atom is 0.254 e. The molecule has 0 aliphatic heterocycles. The van der Waals surface area contributed by atoms with Gasteiger partial charge in [-0.25, -0.2) is 0 Å². The van der Waals surface area contributed by atoms with Gasteiger partial charge in [0.25, 0.3) is 5.91 Å². The van der Waals surface area contributed by atoms with Crippen LogP contribution in [0.1, 0.15) is 29.1 Å². The Morgan fingerprint density at radius 1 is 1.23 bits per heavy atom. The van der Waals surface area contributed by atoms with E-state index in [2.05, 4.69) is 0 Å². The zero-order valence-corrected chi connectivity index (χ0v) is 14.0. The van der Waals surface area contributed by atoms with E-state index < -0.39 is 0 Å². The predicted molar refractivity (Wildman–Crippen MR) is 88.9 cm³/mol. The fraction of sp³-hybridized carbons (Fsp3) is 0.353. The van der Waals surface area contributed by atoms with Gasteiger partial charge in [-0.05, 0) is 43.5 Å². The van der Waals surface area contributed by atoms with E-state index >= 15 is 0 Å². The predicted octanol–water partition coefficient (Wildman–Crippen LogP) is 3.82. The smallest absolute Gasteiger partial charge is 0.254 e. The van der Waals surface area contributed by atoms with Crippen LogP contribution in [-0.2, 0) is 6.54 Å². The lowest BCUT2D eigenvalue weighted by molar-refractivity contribution is 0.0753. The Balaban J connectivity index is 2.19. The molecule has 0 unspecified atom stereocenters. The molecule has 0 radical (unpaired) electrons. The third-order valence-electron chi connectivity index (χ3n) is 3.31. The molecule has 1 amide bonds. The van der Waals surface area contributed by atoms with Gasteiger partial charge >= 0.3 is 0 Å². The first-order chi connectivity index (χ1) is 10.7. The van der Waals surface area contributed by atoms with Crippen LogP contribution in [0.5, 0.6) is 11.5 Å². The third-order valence-corrected chi connectivity index (χ3v) is 4.17. The van der Waals surface area contributed by atoms with Gasteiger partial charge in [0.1, 0.15) is 0 Å². The standard InChI is InChI=1S/C17H21NO3S/c1-4-18(12-14-7-6-10-22-14)17(19)13-8-9-15(21-5-2)16(11-13)20-3/h6-11H,4-5,12H2,1-3H3. The summed E-state index contributed by atoms with van der Waals surface area (Å²) in [6.07, 6.45) is 0. The maximum atomic E-state index is 12.7. The Kier molecular flexibility index (Phi) is 5.83. The van der Waals surface area contributed by atoms with Crippen molar-refractivity contribution in [2.24, 2.45) is 0 Å². The second kappa shape index (κ2) is 7.84. The van der Waals surface area contributed by atoms with Gasteiger partial charge in [-0.1, -0.05) is 6.07 Å². The van der Waals surface area contributed by atoms with Crippen LogP contribution in [0.2, 0.25) is 0 Å². The minimum Gasteiger partial charge on any atom is -0.493 e. The van der Waals surface area contributed by atoms with Crippen LogP contribution in [0.4, 0.5) is 0 Å². The van der Waals surface area contributed by atoms with Crippen LogP contribution >= 0.6 is 11.3 Å². The second-order valence-electron chi connectivity index (χ2n) is 4.70. The van der Waals surface area contributed by atoms with Gasteiger partial charge in [0.15, 0.2) is 11.5 Å². The quantitative estimate of drug-likeness (QED) is 0.779. The van der Waals surface area contributed by atoms with E-state index in [-0.39, 0.29) is 5.91 Å². The van der Waals surface area contributed by atoms with Crippen molar-refractivity contribution in [3.8, 4) is 11.5 Å². The summed E-state index contributed by atoms with van der Waals surface area (Å²) in [7, 11) is 1.58. The minimum atomic E-state index is -0.00255. The Morgan fingerprint density at radius 3 is 2.64 bits per heavy atom. The summed E-state index contributed by atoms with van der Waals surface area (Å²) in [5.41, 5.74) is 0.610. The van der Waals surface area contributed by atoms with E-state index in [9.17, 15) is 4.79 Å². The lowest BCUT2D eigenvalue weighted by atomic mass is 10.1. The molecule has 1 aromatic carbocycles. The van der Waals surface area contributed by atoms with Gasteiger partial charge in [-0.15, -0.1) is 11.3 Å². The zero-order chi connectivity index (χ0) is 15.9. The topological polar surface area (TPSA) is 38.8 Å². The monoisotopic (exact) mass is 319 g/mol. The highest BCUT2D eigenvalue weighted by Gasteiger charge is 2.17. The number of thiophene rings is 1. The number of nitrogens with zero attached hydrogens (tertiary/aromatic N) is 1. The van der Waals surface area contributed by atoms with E-state index in [1.165, 1.54) is 4.88 Å². The Bertz CT molecular complexity index is 610. The average molecular weight is 319 g/mol. The van der Waals surface area contributed by atoms with Gasteiger partial charge < -0.3 is 14.4 Å². The van der Waals surface area contributed by atoms with Crippen LogP contribution < -0.4 is 9.47 Å². The molecular weight excluding hydrogens is 298 g/mol. The normalized spacial score (nSPS) is 10.3. The zero-order valence-electron chi connectivity index (χ0n) is 13.2. The lowest BCUT2D eigenvalue weighted by Gasteiger charge is -2.21. The van der Waals surface area contributed by atoms with Crippen LogP contribution in [0.25, 0.3) is 0 Å². The summed E-state index contributed by atoms with van der Waals surface area (Å²) in [6.45, 7) is 5.74. The first kappa shape index (κ1) is 16.4. The first-order valence-electron chi connectivity index (χ1n) is 7.32.